The average Bonchev–Trinajstić information content (AvgIpc) is 2.47. The number of rotatable bonds is 2. The number of nitrogens with zero attached hydrogens (tertiary/aromatic N) is 3. The molecule has 0 saturated heterocycles. The first-order chi connectivity index (χ1) is 9.74. The molecule has 3 aromatic rings. The molecule has 6 heteroatoms. The first kappa shape index (κ1) is 12.0. The number of nitrogens with two attached hydrogens (primary N) is 1. The Labute approximate surface area is 114 Å². The molecule has 2 heterocycles. The molecule has 0 saturated carbocycles. The van der Waals surface area contributed by atoms with Crippen LogP contribution in [-0.2, 0) is 0 Å². The van der Waals surface area contributed by atoms with Gasteiger partial charge in [-0.1, -0.05) is 18.2 Å². The number of hydrogen-bond acceptors (Lipinski definition) is 5. The number of hydrogen-bond donors (Lipinski definition) is 2. The van der Waals surface area contributed by atoms with E-state index in [1.807, 2.05) is 6.07 Å². The standard InChI is InChI=1S/C14H11N5O/c15-14-17-8-9-4-3-5-10(12(9)19-14)13(20)18-11-6-1-2-7-16-11/h1-8H,(H2,15,17,19)(H,16,18,20). The first-order valence-corrected chi connectivity index (χ1v) is 5.97. The molecule has 0 bridgehead atoms. The van der Waals surface area contributed by atoms with Gasteiger partial charge >= 0.3 is 0 Å². The topological polar surface area (TPSA) is 93.8 Å². The van der Waals surface area contributed by atoms with Crippen molar-refractivity contribution >= 4 is 28.6 Å². The number of pyridine rings is 1. The van der Waals surface area contributed by atoms with Gasteiger partial charge in [0.2, 0.25) is 5.95 Å². The van der Waals surface area contributed by atoms with E-state index in [0.29, 0.717) is 16.9 Å². The molecule has 0 fully saturated rings. The lowest BCUT2D eigenvalue weighted by molar-refractivity contribution is 0.102. The Hall–Kier alpha value is -3.02. The number of nitrogen functional groups attached to an aromatic ring is 1. The van der Waals surface area contributed by atoms with Crippen LogP contribution in [0, 0.1) is 0 Å². The van der Waals surface area contributed by atoms with E-state index in [1.54, 1.807) is 42.7 Å². The van der Waals surface area contributed by atoms with E-state index < -0.39 is 0 Å². The number of benzene rings is 1. The number of carbonyl (C=O) groups excluding carboxylic acids is 1. The fourth-order valence-corrected chi connectivity index (χ4v) is 1.87. The lowest BCUT2D eigenvalue weighted by Crippen LogP contribution is -2.14. The molecule has 6 nitrogen and oxygen atoms in total. The Kier molecular flexibility index (Phi) is 2.96. The second-order valence-corrected chi connectivity index (χ2v) is 4.14. The van der Waals surface area contributed by atoms with E-state index >= 15 is 0 Å². The maximum atomic E-state index is 12.3. The van der Waals surface area contributed by atoms with Gasteiger partial charge in [0, 0.05) is 17.8 Å². The quantitative estimate of drug-likeness (QED) is 0.737. The molecule has 1 aromatic carbocycles. The third-order valence-corrected chi connectivity index (χ3v) is 2.78. The molecular formula is C14H11N5O. The van der Waals surface area contributed by atoms with Crippen LogP contribution >= 0.6 is 0 Å². The molecule has 0 aliphatic rings. The fraction of sp³-hybridized carbons (Fsp3) is 0. The van der Waals surface area contributed by atoms with Crippen LogP contribution in [0.5, 0.6) is 0 Å². The third kappa shape index (κ3) is 2.26. The van der Waals surface area contributed by atoms with E-state index in [4.69, 9.17) is 5.73 Å². The van der Waals surface area contributed by atoms with Gasteiger partial charge in [-0.2, -0.15) is 0 Å². The molecular weight excluding hydrogens is 254 g/mol. The summed E-state index contributed by atoms with van der Waals surface area (Å²) in [5.41, 5.74) is 6.53. The number of anilines is 2. The third-order valence-electron chi connectivity index (χ3n) is 2.78. The molecule has 0 spiro atoms. The number of amides is 1. The SMILES string of the molecule is Nc1ncc2cccc(C(=O)Nc3ccccn3)c2n1. The van der Waals surface area contributed by atoms with Crippen molar-refractivity contribution in [1.29, 1.82) is 0 Å². The molecule has 0 aliphatic heterocycles. The summed E-state index contributed by atoms with van der Waals surface area (Å²) in [4.78, 5) is 24.4. The average molecular weight is 265 g/mol. The van der Waals surface area contributed by atoms with E-state index in [0.717, 1.165) is 5.39 Å². The Morgan fingerprint density at radius 1 is 1.10 bits per heavy atom. The Morgan fingerprint density at radius 3 is 2.80 bits per heavy atom. The van der Waals surface area contributed by atoms with Crippen molar-refractivity contribution in [2.24, 2.45) is 0 Å². The predicted molar refractivity (Wildman–Crippen MR) is 76.1 cm³/mol. The van der Waals surface area contributed by atoms with Gasteiger partial charge in [0.15, 0.2) is 0 Å². The van der Waals surface area contributed by atoms with Crippen molar-refractivity contribution in [3.63, 3.8) is 0 Å². The smallest absolute Gasteiger partial charge is 0.259 e. The van der Waals surface area contributed by atoms with Crippen molar-refractivity contribution in [1.82, 2.24) is 15.0 Å². The van der Waals surface area contributed by atoms with Gasteiger partial charge in [0.1, 0.15) is 5.82 Å². The first-order valence-electron chi connectivity index (χ1n) is 5.97. The maximum Gasteiger partial charge on any atom is 0.259 e. The highest BCUT2D eigenvalue weighted by molar-refractivity contribution is 6.11. The molecule has 0 unspecified atom stereocenters. The van der Waals surface area contributed by atoms with Gasteiger partial charge in [-0.3, -0.25) is 4.79 Å². The molecule has 0 radical (unpaired) electrons. The summed E-state index contributed by atoms with van der Waals surface area (Å²) in [6.45, 7) is 0. The summed E-state index contributed by atoms with van der Waals surface area (Å²) < 4.78 is 0. The van der Waals surface area contributed by atoms with Crippen LogP contribution in [-0.4, -0.2) is 20.9 Å². The van der Waals surface area contributed by atoms with Crippen molar-refractivity contribution in [3.05, 3.63) is 54.4 Å². The number of nitrogens with one attached hydrogen (secondary N) is 1. The molecule has 3 rings (SSSR count). The minimum absolute atomic E-state index is 0.135. The van der Waals surface area contributed by atoms with Gasteiger partial charge in [-0.25, -0.2) is 15.0 Å². The predicted octanol–water partition coefficient (Wildman–Crippen LogP) is 1.86. The number of fused-ring (bicyclic) bond motifs is 1. The van der Waals surface area contributed by atoms with E-state index in [9.17, 15) is 4.79 Å². The minimum Gasteiger partial charge on any atom is -0.368 e. The highest BCUT2D eigenvalue weighted by atomic mass is 16.1. The lowest BCUT2D eigenvalue weighted by Gasteiger charge is -2.06. The van der Waals surface area contributed by atoms with Gasteiger partial charge in [-0.05, 0) is 18.2 Å². The van der Waals surface area contributed by atoms with Gasteiger partial charge in [-0.15, -0.1) is 0 Å². The van der Waals surface area contributed by atoms with Crippen LogP contribution in [0.4, 0.5) is 11.8 Å². The van der Waals surface area contributed by atoms with Gasteiger partial charge < -0.3 is 11.1 Å². The number of carbonyl (C=O) groups is 1. The van der Waals surface area contributed by atoms with Crippen molar-refractivity contribution in [2.75, 3.05) is 11.1 Å². The summed E-state index contributed by atoms with van der Waals surface area (Å²) in [7, 11) is 0. The van der Waals surface area contributed by atoms with Crippen LogP contribution in [0.3, 0.4) is 0 Å². The number of aromatic nitrogens is 3. The highest BCUT2D eigenvalue weighted by Crippen LogP contribution is 2.17. The molecule has 0 atom stereocenters. The second-order valence-electron chi connectivity index (χ2n) is 4.14. The van der Waals surface area contributed by atoms with Gasteiger partial charge in [0.25, 0.3) is 5.91 Å². The number of para-hydroxylation sites is 1. The molecule has 3 N–H and O–H groups in total. The minimum atomic E-state index is -0.285. The summed E-state index contributed by atoms with van der Waals surface area (Å²) >= 11 is 0. The van der Waals surface area contributed by atoms with Crippen LogP contribution in [0.1, 0.15) is 10.4 Å². The normalized spacial score (nSPS) is 10.4. The van der Waals surface area contributed by atoms with Crippen molar-refractivity contribution in [2.45, 2.75) is 0 Å². The summed E-state index contributed by atoms with van der Waals surface area (Å²) in [6.07, 6.45) is 3.20. The largest absolute Gasteiger partial charge is 0.368 e. The highest BCUT2D eigenvalue weighted by Gasteiger charge is 2.12. The van der Waals surface area contributed by atoms with E-state index in [-0.39, 0.29) is 11.9 Å². The molecule has 20 heavy (non-hydrogen) atoms. The Morgan fingerprint density at radius 2 is 2.00 bits per heavy atom. The van der Waals surface area contributed by atoms with Crippen LogP contribution in [0.15, 0.2) is 48.8 Å². The maximum absolute atomic E-state index is 12.3. The molecule has 2 aromatic heterocycles. The van der Waals surface area contributed by atoms with E-state index in [2.05, 4.69) is 20.3 Å². The zero-order chi connectivity index (χ0) is 13.9. The summed E-state index contributed by atoms with van der Waals surface area (Å²) in [5.74, 6) is 0.333. The van der Waals surface area contributed by atoms with Crippen LogP contribution in [0.25, 0.3) is 10.9 Å². The van der Waals surface area contributed by atoms with Crippen LogP contribution < -0.4 is 11.1 Å². The molecule has 0 aliphatic carbocycles. The Balaban J connectivity index is 2.01. The Bertz CT molecular complexity index is 773. The summed E-state index contributed by atoms with van der Waals surface area (Å²) in [6, 6.07) is 10.6. The zero-order valence-electron chi connectivity index (χ0n) is 10.4. The zero-order valence-corrected chi connectivity index (χ0v) is 10.4. The molecule has 1 amide bonds. The second kappa shape index (κ2) is 4.93. The summed E-state index contributed by atoms with van der Waals surface area (Å²) in [5, 5.41) is 3.48. The van der Waals surface area contributed by atoms with Crippen LogP contribution in [0.2, 0.25) is 0 Å². The fourth-order valence-electron chi connectivity index (χ4n) is 1.87. The van der Waals surface area contributed by atoms with Gasteiger partial charge in [0.05, 0.1) is 11.1 Å². The van der Waals surface area contributed by atoms with E-state index in [1.165, 1.54) is 0 Å². The van der Waals surface area contributed by atoms with Crippen molar-refractivity contribution < 1.29 is 4.79 Å². The molecule has 98 valence electrons. The monoisotopic (exact) mass is 265 g/mol. The van der Waals surface area contributed by atoms with Crippen molar-refractivity contribution in [3.8, 4) is 0 Å². The lowest BCUT2D eigenvalue weighted by atomic mass is 10.1.